The monoisotopic (exact) mass is 1000 g/mol. The smallest absolute Gasteiger partial charge is 0.306 e. The van der Waals surface area contributed by atoms with Crippen LogP contribution in [0.25, 0.3) is 0 Å². The van der Waals surface area contributed by atoms with Crippen molar-refractivity contribution in [1.29, 1.82) is 0 Å². The van der Waals surface area contributed by atoms with Gasteiger partial charge in [0.05, 0.1) is 0 Å². The van der Waals surface area contributed by atoms with Crippen LogP contribution in [0.2, 0.25) is 0 Å². The van der Waals surface area contributed by atoms with Gasteiger partial charge in [-0.05, 0) is 96.3 Å². The van der Waals surface area contributed by atoms with Gasteiger partial charge in [-0.15, -0.1) is 0 Å². The van der Waals surface area contributed by atoms with E-state index in [1.165, 1.54) is 122 Å². The molecule has 0 saturated carbocycles. The molecular formula is C66H112O6. The third-order valence-electron chi connectivity index (χ3n) is 12.8. The third kappa shape index (κ3) is 57.2. The maximum Gasteiger partial charge on any atom is 0.306 e. The zero-order chi connectivity index (χ0) is 52.2. The Hall–Kier alpha value is -3.67. The van der Waals surface area contributed by atoms with E-state index in [1.54, 1.807) is 0 Å². The van der Waals surface area contributed by atoms with Crippen molar-refractivity contribution in [3.8, 4) is 0 Å². The minimum atomic E-state index is -0.787. The molecule has 0 fully saturated rings. The number of hydrogen-bond acceptors (Lipinski definition) is 6. The van der Waals surface area contributed by atoms with Crippen LogP contribution in [0.1, 0.15) is 284 Å². The van der Waals surface area contributed by atoms with Crippen molar-refractivity contribution in [3.63, 3.8) is 0 Å². The molecule has 6 nitrogen and oxygen atoms in total. The summed E-state index contributed by atoms with van der Waals surface area (Å²) < 4.78 is 16.8. The normalized spacial score (nSPS) is 12.8. The zero-order valence-corrected chi connectivity index (χ0v) is 47.2. The predicted octanol–water partition coefficient (Wildman–Crippen LogP) is 20.5. The van der Waals surface area contributed by atoms with Gasteiger partial charge >= 0.3 is 17.9 Å². The van der Waals surface area contributed by atoms with Crippen molar-refractivity contribution in [1.82, 2.24) is 0 Å². The first-order valence-electron chi connectivity index (χ1n) is 30.2. The highest BCUT2D eigenvalue weighted by molar-refractivity contribution is 5.71. The van der Waals surface area contributed by atoms with Crippen molar-refractivity contribution in [3.05, 3.63) is 97.2 Å². The first kappa shape index (κ1) is 68.3. The quantitative estimate of drug-likeness (QED) is 0.0261. The fraction of sp³-hybridized carbons (Fsp3) is 0.712. The number of rotatable bonds is 54. The summed E-state index contributed by atoms with van der Waals surface area (Å²) in [5.74, 6) is -0.907. The molecule has 1 unspecified atom stereocenters. The molecule has 0 spiro atoms. The van der Waals surface area contributed by atoms with Gasteiger partial charge in [0.1, 0.15) is 13.2 Å². The Kier molecular flexibility index (Phi) is 56.8. The number of hydrogen-bond donors (Lipinski definition) is 0. The van der Waals surface area contributed by atoms with Crippen LogP contribution in [0.5, 0.6) is 0 Å². The van der Waals surface area contributed by atoms with Crippen molar-refractivity contribution < 1.29 is 28.6 Å². The molecule has 0 aliphatic carbocycles. The summed E-state index contributed by atoms with van der Waals surface area (Å²) in [4.78, 5) is 38.0. The van der Waals surface area contributed by atoms with Crippen molar-refractivity contribution in [2.45, 2.75) is 290 Å². The first-order chi connectivity index (χ1) is 35.5. The lowest BCUT2D eigenvalue weighted by Gasteiger charge is -2.18. The van der Waals surface area contributed by atoms with Crippen LogP contribution in [-0.2, 0) is 28.6 Å². The SMILES string of the molecule is CC/C=C\C/C=C\C/C=C\C/C=C\CCCCCCCCCCCCCCCCCCC(=O)OCC(COC(=O)CCCCCCCCCC)OC(=O)CCCCCC/C=C\C/C=C\C/C=C\C/C=C\CC. The van der Waals surface area contributed by atoms with E-state index in [1.807, 2.05) is 0 Å². The molecule has 0 rings (SSSR count). The Labute approximate surface area is 445 Å². The molecule has 0 radical (unpaired) electrons. The lowest BCUT2D eigenvalue weighted by Crippen LogP contribution is -2.30. The Morgan fingerprint density at radius 2 is 0.542 bits per heavy atom. The first-order valence-corrected chi connectivity index (χ1v) is 30.2. The van der Waals surface area contributed by atoms with E-state index in [-0.39, 0.29) is 31.1 Å². The van der Waals surface area contributed by atoms with Crippen LogP contribution < -0.4 is 0 Å². The fourth-order valence-electron chi connectivity index (χ4n) is 8.37. The van der Waals surface area contributed by atoms with Gasteiger partial charge in [0.2, 0.25) is 0 Å². The average Bonchev–Trinajstić information content (AvgIpc) is 3.38. The summed E-state index contributed by atoms with van der Waals surface area (Å²) in [6.45, 7) is 6.38. The molecule has 0 aliphatic rings. The van der Waals surface area contributed by atoms with Gasteiger partial charge in [-0.3, -0.25) is 14.4 Å². The van der Waals surface area contributed by atoms with Gasteiger partial charge in [-0.25, -0.2) is 0 Å². The zero-order valence-electron chi connectivity index (χ0n) is 47.2. The largest absolute Gasteiger partial charge is 0.462 e. The second kappa shape index (κ2) is 59.9. The van der Waals surface area contributed by atoms with E-state index in [0.717, 1.165) is 122 Å². The molecule has 0 saturated heterocycles. The molecule has 412 valence electrons. The second-order valence-corrected chi connectivity index (χ2v) is 19.9. The van der Waals surface area contributed by atoms with Gasteiger partial charge in [0, 0.05) is 19.3 Å². The lowest BCUT2D eigenvalue weighted by molar-refractivity contribution is -0.167. The molecule has 6 heteroatoms. The molecular weight excluding hydrogens is 889 g/mol. The van der Waals surface area contributed by atoms with Gasteiger partial charge in [0.15, 0.2) is 6.10 Å². The summed E-state index contributed by atoms with van der Waals surface area (Å²) in [5.41, 5.74) is 0. The van der Waals surface area contributed by atoms with E-state index in [4.69, 9.17) is 14.2 Å². The van der Waals surface area contributed by atoms with E-state index < -0.39 is 6.10 Å². The fourth-order valence-corrected chi connectivity index (χ4v) is 8.37. The van der Waals surface area contributed by atoms with Crippen LogP contribution in [0, 0.1) is 0 Å². The van der Waals surface area contributed by atoms with Crippen molar-refractivity contribution in [2.24, 2.45) is 0 Å². The number of ether oxygens (including phenoxy) is 3. The van der Waals surface area contributed by atoms with Gasteiger partial charge in [-0.2, -0.15) is 0 Å². The summed E-state index contributed by atoms with van der Waals surface area (Å²) in [6.07, 6.45) is 80.0. The minimum absolute atomic E-state index is 0.0850. The Morgan fingerprint density at radius 3 is 0.847 bits per heavy atom. The highest BCUT2D eigenvalue weighted by Crippen LogP contribution is 2.16. The molecule has 0 aromatic heterocycles. The standard InChI is InChI=1S/C66H112O6/c1-4-7-10-13-16-19-21-23-25-27-28-29-30-31-32-33-34-35-36-37-38-40-41-43-45-47-50-53-56-59-65(68)71-62-63(61-70-64(67)58-55-52-49-18-15-12-9-6-3)72-66(69)60-57-54-51-48-46-44-42-39-26-24-22-20-17-14-11-8-5-2/h7-8,10-11,16-17,19-20,23-26,28-29,42,44,63H,4-6,9,12-15,18,21-22,27,30-41,43,45-62H2,1-3H3/b10-7-,11-8-,19-16-,20-17-,25-23-,26-24-,29-28-,44-42-. The average molecular weight is 1000 g/mol. The number of carbonyl (C=O) groups is 3. The molecule has 1 atom stereocenters. The summed E-state index contributed by atoms with van der Waals surface area (Å²) in [7, 11) is 0. The highest BCUT2D eigenvalue weighted by atomic mass is 16.6. The summed E-state index contributed by atoms with van der Waals surface area (Å²) in [6, 6.07) is 0. The summed E-state index contributed by atoms with van der Waals surface area (Å²) >= 11 is 0. The van der Waals surface area contributed by atoms with Gasteiger partial charge < -0.3 is 14.2 Å². The lowest BCUT2D eigenvalue weighted by atomic mass is 10.0. The molecule has 0 aromatic rings. The topological polar surface area (TPSA) is 78.9 Å². The van der Waals surface area contributed by atoms with E-state index in [9.17, 15) is 14.4 Å². The second-order valence-electron chi connectivity index (χ2n) is 19.9. The minimum Gasteiger partial charge on any atom is -0.462 e. The maximum atomic E-state index is 12.8. The molecule has 0 aromatic carbocycles. The van der Waals surface area contributed by atoms with Crippen LogP contribution in [0.3, 0.4) is 0 Å². The van der Waals surface area contributed by atoms with Crippen molar-refractivity contribution in [2.75, 3.05) is 13.2 Å². The molecule has 0 amide bonds. The number of carbonyl (C=O) groups excluding carboxylic acids is 3. The van der Waals surface area contributed by atoms with Crippen molar-refractivity contribution >= 4 is 17.9 Å². The van der Waals surface area contributed by atoms with Crippen LogP contribution in [0.4, 0.5) is 0 Å². The maximum absolute atomic E-state index is 12.8. The van der Waals surface area contributed by atoms with Gasteiger partial charge in [-0.1, -0.05) is 266 Å². The molecule has 0 bridgehead atoms. The number of allylic oxidation sites excluding steroid dienone is 16. The third-order valence-corrected chi connectivity index (χ3v) is 12.8. The molecule has 72 heavy (non-hydrogen) atoms. The predicted molar refractivity (Wildman–Crippen MR) is 311 cm³/mol. The van der Waals surface area contributed by atoms with E-state index in [0.29, 0.717) is 19.3 Å². The van der Waals surface area contributed by atoms with Crippen LogP contribution in [-0.4, -0.2) is 37.2 Å². The molecule has 0 heterocycles. The Morgan fingerprint density at radius 1 is 0.292 bits per heavy atom. The summed E-state index contributed by atoms with van der Waals surface area (Å²) in [5, 5.41) is 0. The molecule has 0 aliphatic heterocycles. The number of esters is 3. The molecule has 0 N–H and O–H groups in total. The number of unbranched alkanes of at least 4 members (excludes halogenated alkanes) is 27. The Balaban J connectivity index is 4.15. The Bertz CT molecular complexity index is 1430. The van der Waals surface area contributed by atoms with Gasteiger partial charge in [0.25, 0.3) is 0 Å². The van der Waals surface area contributed by atoms with E-state index >= 15 is 0 Å². The van der Waals surface area contributed by atoms with Crippen LogP contribution in [0.15, 0.2) is 97.2 Å². The van der Waals surface area contributed by atoms with Crippen LogP contribution >= 0.6 is 0 Å². The van der Waals surface area contributed by atoms with E-state index in [2.05, 4.69) is 118 Å². The highest BCUT2D eigenvalue weighted by Gasteiger charge is 2.19.